The summed E-state index contributed by atoms with van der Waals surface area (Å²) in [7, 11) is 0. The molecule has 0 fully saturated rings. The van der Waals surface area contributed by atoms with Crippen molar-refractivity contribution < 1.29 is 9.59 Å². The van der Waals surface area contributed by atoms with Crippen LogP contribution in [0.4, 0.5) is 4.79 Å². The van der Waals surface area contributed by atoms with Gasteiger partial charge >= 0.3 is 6.03 Å². The number of carbonyl (C=O) groups excluding carboxylic acids is 2. The van der Waals surface area contributed by atoms with Gasteiger partial charge in [0.2, 0.25) is 5.91 Å². The molecular weight excluding hydrogens is 434 g/mol. The van der Waals surface area contributed by atoms with Crippen molar-refractivity contribution in [3.8, 4) is 11.4 Å². The molecule has 3 rings (SSSR count). The lowest BCUT2D eigenvalue weighted by Crippen LogP contribution is -2.48. The first-order valence-electron chi connectivity index (χ1n) is 9.70. The lowest BCUT2D eigenvalue weighted by atomic mass is 10.1. The Kier molecular flexibility index (Phi) is 7.35. The Morgan fingerprint density at radius 2 is 1.71 bits per heavy atom. The number of thioether (sulfide) groups is 1. The van der Waals surface area contributed by atoms with Crippen LogP contribution in [-0.4, -0.2) is 38.0 Å². The molecule has 3 amide bonds. The van der Waals surface area contributed by atoms with Crippen LogP contribution in [0.3, 0.4) is 0 Å². The molecule has 31 heavy (non-hydrogen) atoms. The molecule has 3 aromatic rings. The van der Waals surface area contributed by atoms with E-state index in [1.165, 1.54) is 11.8 Å². The first-order chi connectivity index (χ1) is 14.7. The fourth-order valence-electron chi connectivity index (χ4n) is 2.81. The molecule has 1 aromatic heterocycles. The number of imide groups is 1. The molecule has 2 N–H and O–H groups in total. The van der Waals surface area contributed by atoms with Crippen LogP contribution in [0, 0.1) is 0 Å². The number of amides is 3. The summed E-state index contributed by atoms with van der Waals surface area (Å²) in [5.41, 5.74) is 1.39. The number of carbonyl (C=O) groups is 2. The number of urea groups is 1. The van der Waals surface area contributed by atoms with Crippen LogP contribution in [0.25, 0.3) is 11.4 Å². The van der Waals surface area contributed by atoms with Crippen molar-refractivity contribution in [2.24, 2.45) is 0 Å². The summed E-state index contributed by atoms with van der Waals surface area (Å²) in [5.74, 6) is 0.218. The highest BCUT2D eigenvalue weighted by molar-refractivity contribution is 7.99. The third kappa shape index (κ3) is 6.57. The van der Waals surface area contributed by atoms with Gasteiger partial charge in [0.05, 0.1) is 17.3 Å². The summed E-state index contributed by atoms with van der Waals surface area (Å²) in [5, 5.41) is 14.8. The molecule has 0 atom stereocenters. The van der Waals surface area contributed by atoms with Crippen molar-refractivity contribution in [1.29, 1.82) is 0 Å². The molecular formula is C22H24ClN5O2S. The second-order valence-electron chi connectivity index (χ2n) is 7.90. The highest BCUT2D eigenvalue weighted by atomic mass is 35.5. The van der Waals surface area contributed by atoms with Crippen LogP contribution in [0.2, 0.25) is 5.02 Å². The zero-order chi connectivity index (χ0) is 22.4. The minimum Gasteiger partial charge on any atom is -0.333 e. The molecule has 0 unspecified atom stereocenters. The monoisotopic (exact) mass is 457 g/mol. The van der Waals surface area contributed by atoms with Crippen LogP contribution in [0.5, 0.6) is 0 Å². The predicted octanol–water partition coefficient (Wildman–Crippen LogP) is 4.36. The van der Waals surface area contributed by atoms with Gasteiger partial charge in [-0.1, -0.05) is 65.8 Å². The zero-order valence-corrected chi connectivity index (χ0v) is 19.1. The normalized spacial score (nSPS) is 11.2. The van der Waals surface area contributed by atoms with Gasteiger partial charge in [-0.15, -0.1) is 10.2 Å². The van der Waals surface area contributed by atoms with Gasteiger partial charge in [-0.2, -0.15) is 0 Å². The molecule has 0 saturated carbocycles. The summed E-state index contributed by atoms with van der Waals surface area (Å²) >= 11 is 7.59. The number of nitrogens with one attached hydrogen (secondary N) is 2. The van der Waals surface area contributed by atoms with E-state index in [0.29, 0.717) is 22.5 Å². The number of nitrogens with zero attached hydrogens (tertiary/aromatic N) is 3. The quantitative estimate of drug-likeness (QED) is 0.537. The van der Waals surface area contributed by atoms with Crippen molar-refractivity contribution in [2.45, 2.75) is 38.0 Å². The van der Waals surface area contributed by atoms with Gasteiger partial charge in [-0.25, -0.2) is 4.79 Å². The largest absolute Gasteiger partial charge is 0.333 e. The average molecular weight is 458 g/mol. The molecule has 2 aromatic carbocycles. The average Bonchev–Trinajstić information content (AvgIpc) is 3.08. The fourth-order valence-corrected chi connectivity index (χ4v) is 3.77. The van der Waals surface area contributed by atoms with Gasteiger partial charge in [-0.3, -0.25) is 14.7 Å². The second-order valence-corrected chi connectivity index (χ2v) is 9.25. The lowest BCUT2D eigenvalue weighted by molar-refractivity contribution is -0.117. The van der Waals surface area contributed by atoms with Crippen molar-refractivity contribution >= 4 is 35.3 Å². The summed E-state index contributed by atoms with van der Waals surface area (Å²) in [6.07, 6.45) is 0. The van der Waals surface area contributed by atoms with Crippen LogP contribution in [0.15, 0.2) is 59.8 Å². The maximum Gasteiger partial charge on any atom is 0.321 e. The Bertz CT molecular complexity index is 1060. The van der Waals surface area contributed by atoms with E-state index in [-0.39, 0.29) is 5.75 Å². The Balaban J connectivity index is 1.79. The summed E-state index contributed by atoms with van der Waals surface area (Å²) in [6, 6.07) is 16.8. The van der Waals surface area contributed by atoms with Gasteiger partial charge < -0.3 is 5.32 Å². The molecule has 0 aliphatic heterocycles. The van der Waals surface area contributed by atoms with Crippen LogP contribution < -0.4 is 10.6 Å². The second kappa shape index (κ2) is 9.98. The molecule has 1 heterocycles. The number of rotatable bonds is 6. The van der Waals surface area contributed by atoms with Crippen molar-refractivity contribution in [3.63, 3.8) is 0 Å². The molecule has 0 aliphatic carbocycles. The topological polar surface area (TPSA) is 88.9 Å². The lowest BCUT2D eigenvalue weighted by Gasteiger charge is -2.20. The van der Waals surface area contributed by atoms with E-state index in [0.717, 1.165) is 11.1 Å². The molecule has 0 saturated heterocycles. The standard InChI is InChI=1S/C22H24ClN5O2S/c1-22(2,3)25-20(30)24-18(29)14-31-21-27-26-19(16-11-7-8-12-17(16)23)28(21)13-15-9-5-4-6-10-15/h4-12H,13-14H2,1-3H3,(H2,24,25,29,30). The van der Waals surface area contributed by atoms with E-state index in [1.54, 1.807) is 6.07 Å². The van der Waals surface area contributed by atoms with Crippen molar-refractivity contribution in [1.82, 2.24) is 25.4 Å². The maximum atomic E-state index is 12.2. The van der Waals surface area contributed by atoms with Gasteiger partial charge in [-0.05, 0) is 38.5 Å². The first kappa shape index (κ1) is 22.8. The SMILES string of the molecule is CC(C)(C)NC(=O)NC(=O)CSc1nnc(-c2ccccc2Cl)n1Cc1ccccc1. The number of benzene rings is 2. The van der Waals surface area contributed by atoms with Gasteiger partial charge in [0, 0.05) is 11.1 Å². The molecule has 162 valence electrons. The van der Waals surface area contributed by atoms with E-state index in [1.807, 2.05) is 73.9 Å². The molecule has 0 bridgehead atoms. The Morgan fingerprint density at radius 1 is 1.03 bits per heavy atom. The highest BCUT2D eigenvalue weighted by Crippen LogP contribution is 2.29. The van der Waals surface area contributed by atoms with Gasteiger partial charge in [0.1, 0.15) is 0 Å². The number of aromatic nitrogens is 3. The molecule has 0 radical (unpaired) electrons. The Labute approximate surface area is 190 Å². The Morgan fingerprint density at radius 3 is 2.39 bits per heavy atom. The summed E-state index contributed by atoms with van der Waals surface area (Å²) < 4.78 is 1.92. The molecule has 7 nitrogen and oxygen atoms in total. The molecule has 9 heteroatoms. The van der Waals surface area contributed by atoms with Crippen LogP contribution in [0.1, 0.15) is 26.3 Å². The molecule has 0 spiro atoms. The third-order valence-electron chi connectivity index (χ3n) is 4.09. The predicted molar refractivity (Wildman–Crippen MR) is 123 cm³/mol. The van der Waals surface area contributed by atoms with Crippen molar-refractivity contribution in [2.75, 3.05) is 5.75 Å². The Hall–Kier alpha value is -2.84. The minimum atomic E-state index is -0.527. The maximum absolute atomic E-state index is 12.2. The number of hydrogen-bond donors (Lipinski definition) is 2. The third-order valence-corrected chi connectivity index (χ3v) is 5.39. The van der Waals surface area contributed by atoms with E-state index in [9.17, 15) is 9.59 Å². The number of halogens is 1. The van der Waals surface area contributed by atoms with Crippen LogP contribution >= 0.6 is 23.4 Å². The first-order valence-corrected chi connectivity index (χ1v) is 11.1. The summed E-state index contributed by atoms with van der Waals surface area (Å²) in [6.45, 7) is 6.04. The summed E-state index contributed by atoms with van der Waals surface area (Å²) in [4.78, 5) is 24.2. The van der Waals surface area contributed by atoms with Gasteiger partial charge in [0.15, 0.2) is 11.0 Å². The highest BCUT2D eigenvalue weighted by Gasteiger charge is 2.19. The van der Waals surface area contributed by atoms with Crippen LogP contribution in [-0.2, 0) is 11.3 Å². The van der Waals surface area contributed by atoms with Gasteiger partial charge in [0.25, 0.3) is 0 Å². The number of hydrogen-bond acceptors (Lipinski definition) is 5. The smallest absolute Gasteiger partial charge is 0.321 e. The fraction of sp³-hybridized carbons (Fsp3) is 0.273. The zero-order valence-electron chi connectivity index (χ0n) is 17.6. The van der Waals surface area contributed by atoms with E-state index < -0.39 is 17.5 Å². The van der Waals surface area contributed by atoms with E-state index >= 15 is 0 Å². The minimum absolute atomic E-state index is 0.0208. The van der Waals surface area contributed by atoms with Crippen molar-refractivity contribution in [3.05, 3.63) is 65.2 Å². The van der Waals surface area contributed by atoms with E-state index in [4.69, 9.17) is 11.6 Å². The molecule has 0 aliphatic rings. The van der Waals surface area contributed by atoms with E-state index in [2.05, 4.69) is 20.8 Å².